The number of hydrogen-bond donors (Lipinski definition) is 2. The van der Waals surface area contributed by atoms with Crippen LogP contribution in [0.3, 0.4) is 0 Å². The van der Waals surface area contributed by atoms with Crippen molar-refractivity contribution in [1.29, 1.82) is 0 Å². The number of aryl methyl sites for hydroxylation is 2. The van der Waals surface area contributed by atoms with Crippen molar-refractivity contribution in [2.45, 2.75) is 27.0 Å². The maximum absolute atomic E-state index is 12.3. The van der Waals surface area contributed by atoms with Crippen LogP contribution >= 0.6 is 15.9 Å². The van der Waals surface area contributed by atoms with Gasteiger partial charge in [0.2, 0.25) is 0 Å². The molecule has 3 aromatic rings. The maximum atomic E-state index is 12.3. The average molecular weight is 431 g/mol. The zero-order valence-corrected chi connectivity index (χ0v) is 16.6. The van der Waals surface area contributed by atoms with Crippen molar-refractivity contribution in [1.82, 2.24) is 10.3 Å². The van der Waals surface area contributed by atoms with Gasteiger partial charge in [-0.25, -0.2) is 0 Å². The van der Waals surface area contributed by atoms with Crippen LogP contribution in [0.2, 0.25) is 0 Å². The van der Waals surface area contributed by atoms with E-state index in [2.05, 4.69) is 26.2 Å². The normalized spacial score (nSPS) is 10.6. The summed E-state index contributed by atoms with van der Waals surface area (Å²) in [7, 11) is 0. The van der Waals surface area contributed by atoms with Crippen molar-refractivity contribution >= 4 is 21.8 Å². The van der Waals surface area contributed by atoms with Crippen molar-refractivity contribution in [3.63, 3.8) is 0 Å². The smallest absolute Gasteiger partial charge is 0.287 e. The summed E-state index contributed by atoms with van der Waals surface area (Å²) in [5, 5.41) is 2.71. The summed E-state index contributed by atoms with van der Waals surface area (Å²) < 4.78 is 12.1. The van der Waals surface area contributed by atoms with E-state index in [4.69, 9.17) is 9.15 Å². The predicted molar refractivity (Wildman–Crippen MR) is 105 cm³/mol. The molecule has 0 radical (unpaired) electrons. The standard InChI is InChI=1S/C20H19BrN2O4/c1-12-9-13(2)23-19(24)17(12)10-22-20(25)18-8-7-16(27-18)11-26-15-5-3-14(21)4-6-15/h3-9H,10-11H2,1-2H3,(H,22,25)(H,23,24). The topological polar surface area (TPSA) is 84.3 Å². The molecule has 0 spiro atoms. The number of aromatic nitrogens is 1. The van der Waals surface area contributed by atoms with E-state index in [9.17, 15) is 9.59 Å². The Kier molecular flexibility index (Phi) is 5.81. The predicted octanol–water partition coefficient (Wildman–Crippen LogP) is 3.86. The number of H-pyrrole nitrogens is 1. The van der Waals surface area contributed by atoms with Gasteiger partial charge >= 0.3 is 0 Å². The maximum Gasteiger partial charge on any atom is 0.287 e. The molecule has 0 fully saturated rings. The summed E-state index contributed by atoms with van der Waals surface area (Å²) in [4.78, 5) is 27.0. The molecule has 1 aromatic carbocycles. The lowest BCUT2D eigenvalue weighted by molar-refractivity contribution is 0.0919. The minimum absolute atomic E-state index is 0.131. The highest BCUT2D eigenvalue weighted by Gasteiger charge is 2.13. The number of benzene rings is 1. The lowest BCUT2D eigenvalue weighted by atomic mass is 10.1. The number of nitrogens with one attached hydrogen (secondary N) is 2. The van der Waals surface area contributed by atoms with E-state index in [1.54, 1.807) is 12.1 Å². The summed E-state index contributed by atoms with van der Waals surface area (Å²) in [6.07, 6.45) is 0. The van der Waals surface area contributed by atoms with Crippen LogP contribution in [0.5, 0.6) is 5.75 Å². The number of furan rings is 1. The van der Waals surface area contributed by atoms with E-state index in [1.807, 2.05) is 44.2 Å². The number of rotatable bonds is 6. The average Bonchev–Trinajstić information content (AvgIpc) is 3.09. The zero-order valence-electron chi connectivity index (χ0n) is 15.0. The molecule has 0 atom stereocenters. The summed E-state index contributed by atoms with van der Waals surface area (Å²) in [6, 6.07) is 12.6. The van der Waals surface area contributed by atoms with Gasteiger partial charge in [-0.15, -0.1) is 0 Å². The number of amides is 1. The Morgan fingerprint density at radius 1 is 1.19 bits per heavy atom. The molecule has 1 amide bonds. The number of ether oxygens (including phenoxy) is 1. The second kappa shape index (κ2) is 8.26. The van der Waals surface area contributed by atoms with E-state index >= 15 is 0 Å². The number of carbonyl (C=O) groups is 1. The highest BCUT2D eigenvalue weighted by atomic mass is 79.9. The summed E-state index contributed by atoms with van der Waals surface area (Å²) in [5.41, 5.74) is 1.95. The zero-order chi connectivity index (χ0) is 19.4. The molecule has 0 saturated heterocycles. The van der Waals surface area contributed by atoms with Crippen LogP contribution in [0.1, 0.15) is 33.1 Å². The molecule has 0 aliphatic carbocycles. The molecule has 0 bridgehead atoms. The highest BCUT2D eigenvalue weighted by molar-refractivity contribution is 9.10. The third-order valence-electron chi connectivity index (χ3n) is 4.00. The van der Waals surface area contributed by atoms with Crippen LogP contribution in [-0.2, 0) is 13.2 Å². The number of hydrogen-bond acceptors (Lipinski definition) is 4. The first-order chi connectivity index (χ1) is 12.9. The fourth-order valence-corrected chi connectivity index (χ4v) is 2.88. The van der Waals surface area contributed by atoms with Gasteiger partial charge in [0.25, 0.3) is 11.5 Å². The monoisotopic (exact) mass is 430 g/mol. The first-order valence-corrected chi connectivity index (χ1v) is 9.16. The number of halogens is 1. The molecule has 0 saturated carbocycles. The lowest BCUT2D eigenvalue weighted by Crippen LogP contribution is -2.27. The van der Waals surface area contributed by atoms with Gasteiger partial charge in [-0.2, -0.15) is 0 Å². The Balaban J connectivity index is 1.58. The van der Waals surface area contributed by atoms with Crippen molar-refractivity contribution in [2.75, 3.05) is 0 Å². The highest BCUT2D eigenvalue weighted by Crippen LogP contribution is 2.18. The van der Waals surface area contributed by atoms with Gasteiger partial charge in [0.1, 0.15) is 18.1 Å². The number of pyridine rings is 1. The van der Waals surface area contributed by atoms with Crippen molar-refractivity contribution in [3.05, 3.63) is 85.6 Å². The molecule has 27 heavy (non-hydrogen) atoms. The molecular weight excluding hydrogens is 412 g/mol. The van der Waals surface area contributed by atoms with Crippen LogP contribution in [0.25, 0.3) is 0 Å². The fraction of sp³-hybridized carbons (Fsp3) is 0.200. The first kappa shape index (κ1) is 19.0. The number of aromatic amines is 1. The van der Waals surface area contributed by atoms with E-state index in [0.29, 0.717) is 17.1 Å². The molecule has 2 heterocycles. The molecule has 0 aliphatic heterocycles. The molecular formula is C20H19BrN2O4. The molecule has 6 nitrogen and oxygen atoms in total. The van der Waals surface area contributed by atoms with Crippen LogP contribution in [0.4, 0.5) is 0 Å². The van der Waals surface area contributed by atoms with Crippen LogP contribution < -0.4 is 15.6 Å². The van der Waals surface area contributed by atoms with Crippen LogP contribution in [-0.4, -0.2) is 10.9 Å². The third-order valence-corrected chi connectivity index (χ3v) is 4.53. The molecule has 0 aliphatic rings. The van der Waals surface area contributed by atoms with Gasteiger partial charge in [-0.05, 0) is 61.9 Å². The summed E-state index contributed by atoms with van der Waals surface area (Å²) >= 11 is 3.36. The van der Waals surface area contributed by atoms with Crippen LogP contribution in [0.15, 0.2) is 56.1 Å². The van der Waals surface area contributed by atoms with Crippen molar-refractivity contribution in [2.24, 2.45) is 0 Å². The SMILES string of the molecule is Cc1cc(C)c(CNC(=O)c2ccc(COc3ccc(Br)cc3)o2)c(=O)[nH]1. The Morgan fingerprint density at radius 2 is 1.93 bits per heavy atom. The van der Waals surface area contributed by atoms with Gasteiger partial charge in [-0.1, -0.05) is 15.9 Å². The van der Waals surface area contributed by atoms with E-state index < -0.39 is 0 Å². The number of carbonyl (C=O) groups excluding carboxylic acids is 1. The Hall–Kier alpha value is -2.80. The van der Waals surface area contributed by atoms with E-state index in [0.717, 1.165) is 15.7 Å². The van der Waals surface area contributed by atoms with E-state index in [1.165, 1.54) is 0 Å². The molecule has 2 aromatic heterocycles. The summed E-state index contributed by atoms with van der Waals surface area (Å²) in [6.45, 7) is 4.00. The van der Waals surface area contributed by atoms with Gasteiger partial charge in [0, 0.05) is 22.3 Å². The minimum atomic E-state index is -0.385. The van der Waals surface area contributed by atoms with Gasteiger partial charge < -0.3 is 19.5 Å². The van der Waals surface area contributed by atoms with Crippen molar-refractivity contribution < 1.29 is 13.9 Å². The lowest BCUT2D eigenvalue weighted by Gasteiger charge is -2.07. The van der Waals surface area contributed by atoms with E-state index in [-0.39, 0.29) is 30.4 Å². The second-order valence-electron chi connectivity index (χ2n) is 6.13. The Labute approximate surface area is 164 Å². The third kappa shape index (κ3) is 4.89. The van der Waals surface area contributed by atoms with Gasteiger partial charge in [-0.3, -0.25) is 9.59 Å². The molecule has 7 heteroatoms. The first-order valence-electron chi connectivity index (χ1n) is 8.37. The minimum Gasteiger partial charge on any atom is -0.486 e. The largest absolute Gasteiger partial charge is 0.486 e. The Morgan fingerprint density at radius 3 is 2.63 bits per heavy atom. The van der Waals surface area contributed by atoms with Gasteiger partial charge in [0.15, 0.2) is 5.76 Å². The molecule has 3 rings (SSSR count). The van der Waals surface area contributed by atoms with Crippen LogP contribution in [0, 0.1) is 13.8 Å². The Bertz CT molecular complexity index is 1010. The van der Waals surface area contributed by atoms with Gasteiger partial charge in [0.05, 0.1) is 0 Å². The quantitative estimate of drug-likeness (QED) is 0.621. The molecule has 2 N–H and O–H groups in total. The summed E-state index contributed by atoms with van der Waals surface area (Å²) in [5.74, 6) is 1.02. The second-order valence-corrected chi connectivity index (χ2v) is 7.05. The van der Waals surface area contributed by atoms with Crippen molar-refractivity contribution in [3.8, 4) is 5.75 Å². The molecule has 140 valence electrons. The fourth-order valence-electron chi connectivity index (χ4n) is 2.62. The molecule has 0 unspecified atom stereocenters.